The summed E-state index contributed by atoms with van der Waals surface area (Å²) in [7, 11) is 0. The summed E-state index contributed by atoms with van der Waals surface area (Å²) in [5, 5.41) is 0. The smallest absolute Gasteiger partial charge is 0.239 e. The van der Waals surface area contributed by atoms with Crippen LogP contribution in [0.25, 0.3) is 0 Å². The predicted octanol–water partition coefficient (Wildman–Crippen LogP) is 0.448. The van der Waals surface area contributed by atoms with Gasteiger partial charge in [-0.1, -0.05) is 13.8 Å². The lowest BCUT2D eigenvalue weighted by atomic mass is 10.0. The molecule has 12 heavy (non-hydrogen) atoms. The number of hydrogen-bond acceptors (Lipinski definition) is 2. The summed E-state index contributed by atoms with van der Waals surface area (Å²) in [4.78, 5) is 13.3. The fourth-order valence-electron chi connectivity index (χ4n) is 1.60. The molecule has 1 aliphatic heterocycles. The highest BCUT2D eigenvalue weighted by molar-refractivity contribution is 5.81. The average Bonchev–Trinajstić information content (AvgIpc) is 2.30. The van der Waals surface area contributed by atoms with E-state index in [2.05, 4.69) is 13.8 Å². The number of nitrogens with zero attached hydrogens (tertiary/aromatic N) is 1. The maximum Gasteiger partial charge on any atom is 0.239 e. The molecule has 2 N–H and O–H groups in total. The summed E-state index contributed by atoms with van der Waals surface area (Å²) < 4.78 is 0. The Morgan fingerprint density at radius 1 is 1.42 bits per heavy atom. The summed E-state index contributed by atoms with van der Waals surface area (Å²) in [6.07, 6.45) is 0. The Labute approximate surface area is 73.9 Å². The lowest BCUT2D eigenvalue weighted by Crippen LogP contribution is -2.40. The van der Waals surface area contributed by atoms with Crippen molar-refractivity contribution in [2.45, 2.75) is 26.8 Å². The van der Waals surface area contributed by atoms with E-state index < -0.39 is 0 Å². The van der Waals surface area contributed by atoms with Gasteiger partial charge in [0.15, 0.2) is 0 Å². The quantitative estimate of drug-likeness (QED) is 0.621. The van der Waals surface area contributed by atoms with Crippen LogP contribution < -0.4 is 5.73 Å². The molecule has 1 heterocycles. The molecule has 0 saturated carbocycles. The fourth-order valence-corrected chi connectivity index (χ4v) is 1.60. The van der Waals surface area contributed by atoms with E-state index in [-0.39, 0.29) is 11.9 Å². The van der Waals surface area contributed by atoms with Crippen LogP contribution in [-0.4, -0.2) is 29.9 Å². The molecule has 0 bridgehead atoms. The van der Waals surface area contributed by atoms with E-state index >= 15 is 0 Å². The molecule has 0 aromatic heterocycles. The molecule has 1 fully saturated rings. The molecule has 0 aliphatic carbocycles. The van der Waals surface area contributed by atoms with Crippen LogP contribution >= 0.6 is 0 Å². The highest BCUT2D eigenvalue weighted by atomic mass is 16.2. The van der Waals surface area contributed by atoms with Gasteiger partial charge in [0.1, 0.15) is 0 Å². The van der Waals surface area contributed by atoms with Gasteiger partial charge in [-0.3, -0.25) is 4.79 Å². The maximum absolute atomic E-state index is 11.4. The van der Waals surface area contributed by atoms with Gasteiger partial charge in [0.25, 0.3) is 0 Å². The average molecular weight is 170 g/mol. The molecule has 70 valence electrons. The summed E-state index contributed by atoms with van der Waals surface area (Å²) >= 11 is 0. The Balaban J connectivity index is 2.52. The normalized spacial score (nSPS) is 32.2. The van der Waals surface area contributed by atoms with E-state index in [4.69, 9.17) is 5.73 Å². The van der Waals surface area contributed by atoms with Crippen LogP contribution in [0.5, 0.6) is 0 Å². The largest absolute Gasteiger partial charge is 0.341 e. The number of carbonyl (C=O) groups is 1. The zero-order valence-corrected chi connectivity index (χ0v) is 8.08. The Hall–Kier alpha value is -0.570. The molecule has 1 saturated heterocycles. The van der Waals surface area contributed by atoms with E-state index in [1.54, 1.807) is 6.92 Å². The Kier molecular flexibility index (Phi) is 2.73. The number of amides is 1. The van der Waals surface area contributed by atoms with Crippen molar-refractivity contribution in [2.24, 2.45) is 17.6 Å². The van der Waals surface area contributed by atoms with Crippen LogP contribution in [0.3, 0.4) is 0 Å². The molecule has 3 heteroatoms. The Morgan fingerprint density at radius 3 is 2.17 bits per heavy atom. The Bertz CT molecular complexity index is 169. The van der Waals surface area contributed by atoms with E-state index in [0.717, 1.165) is 13.1 Å². The first-order valence-corrected chi connectivity index (χ1v) is 4.56. The summed E-state index contributed by atoms with van der Waals surface area (Å²) in [5.74, 6) is 1.33. The first kappa shape index (κ1) is 9.52. The molecule has 0 spiro atoms. The highest BCUT2D eigenvalue weighted by Gasteiger charge is 2.30. The number of nitrogens with two attached hydrogens (primary N) is 1. The molecule has 0 aromatic rings. The molecule has 0 aromatic carbocycles. The first-order chi connectivity index (χ1) is 5.52. The van der Waals surface area contributed by atoms with E-state index in [9.17, 15) is 4.79 Å². The van der Waals surface area contributed by atoms with Gasteiger partial charge in [-0.15, -0.1) is 0 Å². The van der Waals surface area contributed by atoms with Crippen LogP contribution in [0, 0.1) is 11.8 Å². The van der Waals surface area contributed by atoms with Crippen LogP contribution in [0.1, 0.15) is 20.8 Å². The van der Waals surface area contributed by atoms with Gasteiger partial charge >= 0.3 is 0 Å². The maximum atomic E-state index is 11.4. The molecule has 1 rings (SSSR count). The minimum Gasteiger partial charge on any atom is -0.341 e. The minimum absolute atomic E-state index is 0.0891. The summed E-state index contributed by atoms with van der Waals surface area (Å²) in [6.45, 7) is 7.86. The second-order valence-corrected chi connectivity index (χ2v) is 3.99. The third-order valence-corrected chi connectivity index (χ3v) is 2.69. The zero-order chi connectivity index (χ0) is 9.30. The summed E-state index contributed by atoms with van der Waals surface area (Å²) in [5.41, 5.74) is 5.52. The van der Waals surface area contributed by atoms with Crippen LogP contribution in [-0.2, 0) is 4.79 Å². The van der Waals surface area contributed by atoms with Gasteiger partial charge in [-0.25, -0.2) is 0 Å². The van der Waals surface area contributed by atoms with Gasteiger partial charge in [0, 0.05) is 13.1 Å². The molecule has 3 nitrogen and oxygen atoms in total. The molecule has 2 unspecified atom stereocenters. The van der Waals surface area contributed by atoms with Crippen molar-refractivity contribution in [3.8, 4) is 0 Å². The van der Waals surface area contributed by atoms with Crippen LogP contribution in [0.4, 0.5) is 0 Å². The number of rotatable bonds is 1. The predicted molar refractivity (Wildman–Crippen MR) is 48.6 cm³/mol. The van der Waals surface area contributed by atoms with Crippen molar-refractivity contribution < 1.29 is 4.79 Å². The van der Waals surface area contributed by atoms with Crippen LogP contribution in [0.15, 0.2) is 0 Å². The fraction of sp³-hybridized carbons (Fsp3) is 0.889. The monoisotopic (exact) mass is 170 g/mol. The zero-order valence-electron chi connectivity index (χ0n) is 8.08. The molecule has 0 radical (unpaired) electrons. The van der Waals surface area contributed by atoms with Crippen molar-refractivity contribution >= 4 is 5.91 Å². The van der Waals surface area contributed by atoms with Crippen LogP contribution in [0.2, 0.25) is 0 Å². The number of hydrogen-bond donors (Lipinski definition) is 1. The van der Waals surface area contributed by atoms with Crippen molar-refractivity contribution in [2.75, 3.05) is 13.1 Å². The van der Waals surface area contributed by atoms with Gasteiger partial charge in [-0.05, 0) is 18.8 Å². The van der Waals surface area contributed by atoms with E-state index in [0.29, 0.717) is 11.8 Å². The standard InChI is InChI=1S/C9H18N2O/c1-6-4-11(5-7(6)2)9(12)8(3)10/h6-8H,4-5,10H2,1-3H3/t6?,7?,8-/m1/s1. The third-order valence-electron chi connectivity index (χ3n) is 2.69. The summed E-state index contributed by atoms with van der Waals surface area (Å²) in [6, 6.07) is -0.345. The third kappa shape index (κ3) is 1.78. The minimum atomic E-state index is -0.345. The van der Waals surface area contributed by atoms with E-state index in [1.807, 2.05) is 4.90 Å². The van der Waals surface area contributed by atoms with E-state index in [1.165, 1.54) is 0 Å². The molecule has 1 amide bonds. The second-order valence-electron chi connectivity index (χ2n) is 3.99. The SMILES string of the molecule is CC1CN(C(=O)[C@@H](C)N)CC1C. The van der Waals surface area contributed by atoms with Gasteiger partial charge < -0.3 is 10.6 Å². The highest BCUT2D eigenvalue weighted by Crippen LogP contribution is 2.22. The molecular weight excluding hydrogens is 152 g/mol. The molecule has 1 aliphatic rings. The number of carbonyl (C=O) groups excluding carboxylic acids is 1. The van der Waals surface area contributed by atoms with Crippen molar-refractivity contribution in [3.05, 3.63) is 0 Å². The number of likely N-dealkylation sites (tertiary alicyclic amines) is 1. The Morgan fingerprint density at radius 2 is 1.83 bits per heavy atom. The van der Waals surface area contributed by atoms with Crippen molar-refractivity contribution in [3.63, 3.8) is 0 Å². The van der Waals surface area contributed by atoms with Gasteiger partial charge in [0.2, 0.25) is 5.91 Å². The van der Waals surface area contributed by atoms with Crippen molar-refractivity contribution in [1.82, 2.24) is 4.90 Å². The van der Waals surface area contributed by atoms with Gasteiger partial charge in [-0.2, -0.15) is 0 Å². The first-order valence-electron chi connectivity index (χ1n) is 4.56. The second kappa shape index (κ2) is 3.44. The lowest BCUT2D eigenvalue weighted by Gasteiger charge is -2.17. The topological polar surface area (TPSA) is 46.3 Å². The molecule has 3 atom stereocenters. The lowest BCUT2D eigenvalue weighted by molar-refractivity contribution is -0.131. The van der Waals surface area contributed by atoms with Gasteiger partial charge in [0.05, 0.1) is 6.04 Å². The molecular formula is C9H18N2O. The van der Waals surface area contributed by atoms with Crippen molar-refractivity contribution in [1.29, 1.82) is 0 Å².